The van der Waals surface area contributed by atoms with Gasteiger partial charge in [-0.15, -0.1) is 0 Å². The van der Waals surface area contributed by atoms with E-state index in [0.717, 1.165) is 0 Å². The van der Waals surface area contributed by atoms with Crippen LogP contribution in [0.1, 0.15) is 18.9 Å². The summed E-state index contributed by atoms with van der Waals surface area (Å²) in [5.74, 6) is 0.0507. The molecule has 3 nitrogen and oxygen atoms in total. The predicted molar refractivity (Wildman–Crippen MR) is 66.1 cm³/mol. The molecule has 16 heavy (non-hydrogen) atoms. The molecule has 0 aromatic heterocycles. The third-order valence-corrected chi connectivity index (χ3v) is 2.82. The second-order valence-corrected chi connectivity index (χ2v) is 4.53. The summed E-state index contributed by atoms with van der Waals surface area (Å²) in [4.78, 5) is 0. The zero-order valence-corrected chi connectivity index (χ0v) is 10.5. The fourth-order valence-electron chi connectivity index (χ4n) is 1.33. The highest BCUT2D eigenvalue weighted by Crippen LogP contribution is 2.30. The molecule has 0 saturated heterocycles. The number of benzene rings is 1. The van der Waals surface area contributed by atoms with E-state index in [1.54, 1.807) is 6.07 Å². The molecule has 0 amide bonds. The van der Waals surface area contributed by atoms with Crippen LogP contribution in [0.3, 0.4) is 0 Å². The maximum absolute atomic E-state index is 9.68. The van der Waals surface area contributed by atoms with Gasteiger partial charge in [-0.25, -0.2) is 0 Å². The Hall–Kier alpha value is -0.480. The van der Waals surface area contributed by atoms with Crippen LogP contribution in [-0.4, -0.2) is 22.9 Å². The Kier molecular flexibility index (Phi) is 5.35. The van der Waals surface area contributed by atoms with Gasteiger partial charge in [-0.1, -0.05) is 23.2 Å². The molecule has 0 heterocycles. The molecule has 90 valence electrons. The molecule has 0 aliphatic heterocycles. The van der Waals surface area contributed by atoms with Crippen molar-refractivity contribution in [1.29, 1.82) is 0 Å². The largest absolute Gasteiger partial charge is 0.506 e. The van der Waals surface area contributed by atoms with Crippen LogP contribution in [0, 0.1) is 0 Å². The number of aliphatic hydroxyl groups is 1. The standard InChI is InChI=1S/C11H15Cl2NO2/c1-7(2-3-15)14-6-8-4-9(12)5-10(13)11(8)16/h4-5,7,14-16H,2-3,6H2,1H3. The third kappa shape index (κ3) is 3.83. The van der Waals surface area contributed by atoms with Crippen molar-refractivity contribution in [3.05, 3.63) is 27.7 Å². The number of phenolic OH excluding ortho intramolecular Hbond substituents is 1. The minimum Gasteiger partial charge on any atom is -0.506 e. The molecule has 1 aromatic carbocycles. The van der Waals surface area contributed by atoms with E-state index in [4.69, 9.17) is 28.3 Å². The first-order chi connectivity index (χ1) is 7.54. The molecule has 0 aliphatic rings. The highest BCUT2D eigenvalue weighted by atomic mass is 35.5. The normalized spacial score (nSPS) is 12.8. The summed E-state index contributed by atoms with van der Waals surface area (Å²) in [5, 5.41) is 22.3. The van der Waals surface area contributed by atoms with E-state index in [-0.39, 0.29) is 23.4 Å². The molecule has 0 fully saturated rings. The lowest BCUT2D eigenvalue weighted by Crippen LogP contribution is -2.26. The smallest absolute Gasteiger partial charge is 0.138 e. The van der Waals surface area contributed by atoms with Gasteiger partial charge < -0.3 is 15.5 Å². The minimum atomic E-state index is 0.0507. The Labute approximate surface area is 105 Å². The Morgan fingerprint density at radius 3 is 2.69 bits per heavy atom. The van der Waals surface area contributed by atoms with Crippen molar-refractivity contribution < 1.29 is 10.2 Å². The lowest BCUT2D eigenvalue weighted by atomic mass is 10.1. The fraction of sp³-hybridized carbons (Fsp3) is 0.455. The molecule has 0 spiro atoms. The van der Waals surface area contributed by atoms with Crippen LogP contribution in [-0.2, 0) is 6.54 Å². The van der Waals surface area contributed by atoms with Crippen LogP contribution in [0.15, 0.2) is 12.1 Å². The molecular formula is C11H15Cl2NO2. The summed E-state index contributed by atoms with van der Waals surface area (Å²) >= 11 is 11.6. The van der Waals surface area contributed by atoms with Crippen LogP contribution in [0.5, 0.6) is 5.75 Å². The Morgan fingerprint density at radius 1 is 1.38 bits per heavy atom. The van der Waals surface area contributed by atoms with Crippen molar-refractivity contribution in [3.63, 3.8) is 0 Å². The van der Waals surface area contributed by atoms with Gasteiger partial charge in [0, 0.05) is 29.8 Å². The number of hydrogen-bond acceptors (Lipinski definition) is 3. The van der Waals surface area contributed by atoms with E-state index >= 15 is 0 Å². The van der Waals surface area contributed by atoms with E-state index in [1.165, 1.54) is 6.07 Å². The summed E-state index contributed by atoms with van der Waals surface area (Å²) in [6.07, 6.45) is 0.662. The van der Waals surface area contributed by atoms with Gasteiger partial charge in [0.05, 0.1) is 5.02 Å². The number of aromatic hydroxyl groups is 1. The van der Waals surface area contributed by atoms with Gasteiger partial charge in [-0.05, 0) is 25.5 Å². The number of phenols is 1. The SMILES string of the molecule is CC(CCO)NCc1cc(Cl)cc(Cl)c1O. The average molecular weight is 264 g/mol. The van der Waals surface area contributed by atoms with Gasteiger partial charge in [0.15, 0.2) is 0 Å². The molecule has 1 aromatic rings. The van der Waals surface area contributed by atoms with Crippen molar-refractivity contribution in [2.24, 2.45) is 0 Å². The molecule has 0 saturated carbocycles. The van der Waals surface area contributed by atoms with Gasteiger partial charge in [0.2, 0.25) is 0 Å². The third-order valence-electron chi connectivity index (χ3n) is 2.31. The summed E-state index contributed by atoms with van der Waals surface area (Å²) in [5.41, 5.74) is 0.655. The van der Waals surface area contributed by atoms with Crippen LogP contribution >= 0.6 is 23.2 Å². The number of hydrogen-bond donors (Lipinski definition) is 3. The van der Waals surface area contributed by atoms with Gasteiger partial charge in [-0.2, -0.15) is 0 Å². The highest BCUT2D eigenvalue weighted by Gasteiger charge is 2.09. The molecular weight excluding hydrogens is 249 g/mol. The summed E-state index contributed by atoms with van der Waals surface area (Å²) < 4.78 is 0. The Bertz CT molecular complexity index is 358. The Balaban J connectivity index is 2.66. The first-order valence-electron chi connectivity index (χ1n) is 5.05. The lowest BCUT2D eigenvalue weighted by molar-refractivity contribution is 0.268. The molecule has 1 rings (SSSR count). The number of halogens is 2. The van der Waals surface area contributed by atoms with Crippen molar-refractivity contribution in [3.8, 4) is 5.75 Å². The quantitative estimate of drug-likeness (QED) is 0.766. The minimum absolute atomic E-state index is 0.0507. The van der Waals surface area contributed by atoms with Gasteiger partial charge in [0.25, 0.3) is 0 Å². The second kappa shape index (κ2) is 6.30. The van der Waals surface area contributed by atoms with Crippen molar-refractivity contribution >= 4 is 23.2 Å². The second-order valence-electron chi connectivity index (χ2n) is 3.69. The zero-order valence-electron chi connectivity index (χ0n) is 9.00. The lowest BCUT2D eigenvalue weighted by Gasteiger charge is -2.13. The molecule has 1 atom stereocenters. The maximum Gasteiger partial charge on any atom is 0.138 e. The maximum atomic E-state index is 9.68. The van der Waals surface area contributed by atoms with E-state index in [1.807, 2.05) is 6.92 Å². The number of nitrogens with one attached hydrogen (secondary N) is 1. The van der Waals surface area contributed by atoms with Gasteiger partial charge >= 0.3 is 0 Å². The van der Waals surface area contributed by atoms with Crippen LogP contribution in [0.4, 0.5) is 0 Å². The summed E-state index contributed by atoms with van der Waals surface area (Å²) in [6, 6.07) is 3.34. The summed E-state index contributed by atoms with van der Waals surface area (Å²) in [7, 11) is 0. The molecule has 0 aliphatic carbocycles. The van der Waals surface area contributed by atoms with E-state index in [0.29, 0.717) is 23.6 Å². The molecule has 3 N–H and O–H groups in total. The van der Waals surface area contributed by atoms with Crippen molar-refractivity contribution in [1.82, 2.24) is 5.32 Å². The first-order valence-corrected chi connectivity index (χ1v) is 5.81. The average Bonchev–Trinajstić information content (AvgIpc) is 2.21. The van der Waals surface area contributed by atoms with Crippen molar-refractivity contribution in [2.75, 3.05) is 6.61 Å². The van der Waals surface area contributed by atoms with Crippen LogP contribution in [0.2, 0.25) is 10.0 Å². The molecule has 0 radical (unpaired) electrons. The molecule has 0 bridgehead atoms. The highest BCUT2D eigenvalue weighted by molar-refractivity contribution is 6.35. The van der Waals surface area contributed by atoms with Crippen molar-refractivity contribution in [2.45, 2.75) is 25.9 Å². The fourth-order valence-corrected chi connectivity index (χ4v) is 1.87. The molecule has 5 heteroatoms. The number of rotatable bonds is 5. The predicted octanol–water partition coefficient (Wildman–Crippen LogP) is 2.56. The van der Waals surface area contributed by atoms with Crippen LogP contribution < -0.4 is 5.32 Å². The first kappa shape index (κ1) is 13.6. The monoisotopic (exact) mass is 263 g/mol. The van der Waals surface area contributed by atoms with E-state index in [2.05, 4.69) is 5.32 Å². The van der Waals surface area contributed by atoms with Crippen LogP contribution in [0.25, 0.3) is 0 Å². The van der Waals surface area contributed by atoms with Gasteiger partial charge in [0.1, 0.15) is 5.75 Å². The Morgan fingerprint density at radius 2 is 2.06 bits per heavy atom. The molecule has 1 unspecified atom stereocenters. The van der Waals surface area contributed by atoms with E-state index in [9.17, 15) is 5.11 Å². The zero-order chi connectivity index (χ0) is 12.1. The van der Waals surface area contributed by atoms with Gasteiger partial charge in [-0.3, -0.25) is 0 Å². The van der Waals surface area contributed by atoms with E-state index < -0.39 is 0 Å². The topological polar surface area (TPSA) is 52.5 Å². The number of aliphatic hydroxyl groups excluding tert-OH is 1. The summed E-state index contributed by atoms with van der Waals surface area (Å²) in [6.45, 7) is 2.56.